The normalized spacial score (nSPS) is 10.9. The van der Waals surface area contributed by atoms with Crippen LogP contribution in [0.5, 0.6) is 5.75 Å². The number of methoxy groups -OCH3 is 1. The van der Waals surface area contributed by atoms with E-state index in [1.54, 1.807) is 48.5 Å². The molecule has 2 N–H and O–H groups in total. The molecule has 0 aliphatic heterocycles. The maximum Gasteiger partial charge on any atom is 0.253 e. The number of benzene rings is 3. The highest BCUT2D eigenvalue weighted by molar-refractivity contribution is 7.92. The second kappa shape index (κ2) is 12.7. The Balaban J connectivity index is 1.56. The number of nitrogens with zero attached hydrogens (tertiary/aromatic N) is 1. The molecule has 8 nitrogen and oxygen atoms in total. The molecule has 3 aromatic carbocycles. The Morgan fingerprint density at radius 3 is 2.39 bits per heavy atom. The smallest absolute Gasteiger partial charge is 0.253 e. The van der Waals surface area contributed by atoms with E-state index in [0.29, 0.717) is 42.1 Å². The topological polar surface area (TPSA) is 105 Å². The molecule has 0 heterocycles. The first-order chi connectivity index (χ1) is 17.3. The molecule has 0 bridgehead atoms. The molecule has 0 aliphatic carbocycles. The van der Waals surface area contributed by atoms with Crippen LogP contribution in [0.4, 0.5) is 11.4 Å². The third kappa shape index (κ3) is 7.84. The van der Waals surface area contributed by atoms with Crippen molar-refractivity contribution in [2.75, 3.05) is 36.1 Å². The van der Waals surface area contributed by atoms with Crippen molar-refractivity contribution in [3.8, 4) is 5.75 Å². The summed E-state index contributed by atoms with van der Waals surface area (Å²) in [5.41, 5.74) is 2.37. The molecular formula is C27H31N3O5S. The zero-order valence-electron chi connectivity index (χ0n) is 20.4. The lowest BCUT2D eigenvalue weighted by Gasteiger charge is -2.22. The number of hydrogen-bond donors (Lipinski definition) is 2. The van der Waals surface area contributed by atoms with Crippen molar-refractivity contribution in [1.29, 1.82) is 0 Å². The molecule has 0 spiro atoms. The summed E-state index contributed by atoms with van der Waals surface area (Å²) in [5, 5.41) is 5.67. The van der Waals surface area contributed by atoms with Crippen LogP contribution in [0, 0.1) is 0 Å². The first-order valence-corrected chi connectivity index (χ1v) is 13.5. The van der Waals surface area contributed by atoms with Gasteiger partial charge in [0.15, 0.2) is 0 Å². The van der Waals surface area contributed by atoms with E-state index >= 15 is 0 Å². The van der Waals surface area contributed by atoms with E-state index < -0.39 is 10.0 Å². The summed E-state index contributed by atoms with van der Waals surface area (Å²) in [5.74, 6) is -0.0423. The van der Waals surface area contributed by atoms with Gasteiger partial charge >= 0.3 is 0 Å². The number of hydrogen-bond acceptors (Lipinski definition) is 5. The Morgan fingerprint density at radius 2 is 1.67 bits per heavy atom. The lowest BCUT2D eigenvalue weighted by molar-refractivity contribution is -0.116. The minimum absolute atomic E-state index is 0.0833. The van der Waals surface area contributed by atoms with Crippen molar-refractivity contribution in [3.05, 3.63) is 90.0 Å². The van der Waals surface area contributed by atoms with Crippen molar-refractivity contribution in [2.45, 2.75) is 19.3 Å². The van der Waals surface area contributed by atoms with Crippen molar-refractivity contribution in [3.63, 3.8) is 0 Å². The molecule has 0 fully saturated rings. The number of carbonyl (C=O) groups is 2. The Labute approximate surface area is 212 Å². The Morgan fingerprint density at radius 1 is 0.944 bits per heavy atom. The van der Waals surface area contributed by atoms with Gasteiger partial charge in [0.25, 0.3) is 5.91 Å². The highest BCUT2D eigenvalue weighted by Gasteiger charge is 2.19. The van der Waals surface area contributed by atoms with Crippen molar-refractivity contribution in [1.82, 2.24) is 5.32 Å². The van der Waals surface area contributed by atoms with Gasteiger partial charge in [-0.05, 0) is 42.7 Å². The van der Waals surface area contributed by atoms with E-state index in [9.17, 15) is 18.0 Å². The van der Waals surface area contributed by atoms with Crippen LogP contribution in [0.2, 0.25) is 0 Å². The van der Waals surface area contributed by atoms with Gasteiger partial charge in [0.05, 0.1) is 30.3 Å². The monoisotopic (exact) mass is 509 g/mol. The molecule has 0 atom stereocenters. The average Bonchev–Trinajstić information content (AvgIpc) is 2.87. The molecular weight excluding hydrogens is 478 g/mol. The minimum atomic E-state index is -3.55. The summed E-state index contributed by atoms with van der Waals surface area (Å²) in [6.07, 6.45) is 2.20. The highest BCUT2D eigenvalue weighted by Crippen LogP contribution is 2.23. The maximum atomic E-state index is 12.7. The largest absolute Gasteiger partial charge is 0.497 e. The number of para-hydroxylation sites is 1. The lowest BCUT2D eigenvalue weighted by Crippen LogP contribution is -2.31. The molecule has 0 aromatic heterocycles. The van der Waals surface area contributed by atoms with Crippen LogP contribution in [0.1, 0.15) is 28.8 Å². The van der Waals surface area contributed by atoms with Crippen molar-refractivity contribution in [2.24, 2.45) is 0 Å². The molecule has 190 valence electrons. The van der Waals surface area contributed by atoms with E-state index in [-0.39, 0.29) is 24.8 Å². The van der Waals surface area contributed by atoms with Gasteiger partial charge in [-0.15, -0.1) is 0 Å². The van der Waals surface area contributed by atoms with Gasteiger partial charge in [-0.3, -0.25) is 13.9 Å². The highest BCUT2D eigenvalue weighted by atomic mass is 32.2. The second-order valence-electron chi connectivity index (χ2n) is 8.23. The third-order valence-electron chi connectivity index (χ3n) is 5.49. The molecule has 0 aliphatic rings. The van der Waals surface area contributed by atoms with Crippen LogP contribution >= 0.6 is 0 Å². The first kappa shape index (κ1) is 26.7. The number of ether oxygens (including phenoxy) is 1. The number of nitrogens with one attached hydrogen (secondary N) is 2. The number of rotatable bonds is 12. The van der Waals surface area contributed by atoms with Gasteiger partial charge in [0.2, 0.25) is 15.9 Å². The molecule has 0 saturated heterocycles. The van der Waals surface area contributed by atoms with Gasteiger partial charge in [-0.1, -0.05) is 48.5 Å². The fourth-order valence-corrected chi connectivity index (χ4v) is 4.66. The van der Waals surface area contributed by atoms with Crippen molar-refractivity contribution < 1.29 is 22.7 Å². The Bertz CT molecular complexity index is 1280. The molecule has 36 heavy (non-hydrogen) atoms. The van der Waals surface area contributed by atoms with Crippen molar-refractivity contribution >= 4 is 33.2 Å². The summed E-state index contributed by atoms with van der Waals surface area (Å²) < 4.78 is 31.1. The minimum Gasteiger partial charge on any atom is -0.497 e. The Kier molecular flexibility index (Phi) is 9.46. The number of carbonyl (C=O) groups excluding carboxylic acids is 2. The summed E-state index contributed by atoms with van der Waals surface area (Å²) in [6.45, 7) is 0.595. The van der Waals surface area contributed by atoms with E-state index in [1.807, 2.05) is 30.3 Å². The third-order valence-corrected chi connectivity index (χ3v) is 6.69. The lowest BCUT2D eigenvalue weighted by atomic mass is 10.1. The van der Waals surface area contributed by atoms with Crippen LogP contribution in [0.25, 0.3) is 0 Å². The molecule has 0 radical (unpaired) electrons. The van der Waals surface area contributed by atoms with Gasteiger partial charge in [0, 0.05) is 25.6 Å². The van der Waals surface area contributed by atoms with Crippen LogP contribution in [-0.2, 0) is 21.2 Å². The summed E-state index contributed by atoms with van der Waals surface area (Å²) in [6, 6.07) is 23.4. The predicted octanol–water partition coefficient (Wildman–Crippen LogP) is 3.85. The van der Waals surface area contributed by atoms with Crippen LogP contribution in [0.3, 0.4) is 0 Å². The van der Waals surface area contributed by atoms with Gasteiger partial charge in [0.1, 0.15) is 5.75 Å². The molecule has 3 aromatic rings. The average molecular weight is 510 g/mol. The zero-order chi connectivity index (χ0) is 26.0. The maximum absolute atomic E-state index is 12.7. The summed E-state index contributed by atoms with van der Waals surface area (Å²) in [7, 11) is -2.04. The SMILES string of the molecule is COc1cccc(N(CCCC(=O)Nc2ccccc2C(=O)NCCc2ccccc2)S(C)(=O)=O)c1. The number of anilines is 2. The molecule has 3 rings (SSSR count). The second-order valence-corrected chi connectivity index (χ2v) is 10.1. The quantitative estimate of drug-likeness (QED) is 0.386. The molecule has 0 unspecified atom stereocenters. The van der Waals surface area contributed by atoms with E-state index in [1.165, 1.54) is 11.4 Å². The van der Waals surface area contributed by atoms with Crippen LogP contribution in [-0.4, -0.2) is 46.7 Å². The number of sulfonamides is 1. The van der Waals surface area contributed by atoms with E-state index in [2.05, 4.69) is 10.6 Å². The molecule has 9 heteroatoms. The van der Waals surface area contributed by atoms with Crippen LogP contribution in [0.15, 0.2) is 78.9 Å². The van der Waals surface area contributed by atoms with E-state index in [4.69, 9.17) is 4.74 Å². The fraction of sp³-hybridized carbons (Fsp3) is 0.259. The van der Waals surface area contributed by atoms with Gasteiger partial charge in [-0.2, -0.15) is 0 Å². The standard InChI is InChI=1S/C27H31N3O5S/c1-35-23-13-8-12-22(20-23)30(36(2,33)34)19-9-16-26(31)29-25-15-7-6-14-24(25)27(32)28-18-17-21-10-4-3-5-11-21/h3-8,10-15,20H,9,16-19H2,1-2H3,(H,28,32)(H,29,31). The number of amides is 2. The summed E-state index contributed by atoms with van der Waals surface area (Å²) in [4.78, 5) is 25.3. The fourth-order valence-electron chi connectivity index (χ4n) is 3.70. The van der Waals surface area contributed by atoms with Gasteiger partial charge < -0.3 is 15.4 Å². The predicted molar refractivity (Wildman–Crippen MR) is 142 cm³/mol. The van der Waals surface area contributed by atoms with E-state index in [0.717, 1.165) is 11.8 Å². The zero-order valence-corrected chi connectivity index (χ0v) is 21.3. The van der Waals surface area contributed by atoms with Gasteiger partial charge in [-0.25, -0.2) is 8.42 Å². The summed E-state index contributed by atoms with van der Waals surface area (Å²) >= 11 is 0. The first-order valence-electron chi connectivity index (χ1n) is 11.6. The molecule has 2 amide bonds. The molecule has 0 saturated carbocycles. The van der Waals surface area contributed by atoms with Crippen LogP contribution < -0.4 is 19.7 Å². The Hall–Kier alpha value is -3.85.